The molecule has 0 radical (unpaired) electrons. The molecule has 1 N–H and O–H groups in total. The molecule has 0 aromatic heterocycles. The third-order valence-electron chi connectivity index (χ3n) is 2.78. The molecule has 0 aliphatic rings. The van der Waals surface area contributed by atoms with Crippen LogP contribution in [0.3, 0.4) is 0 Å². The van der Waals surface area contributed by atoms with Gasteiger partial charge in [-0.15, -0.1) is 0 Å². The van der Waals surface area contributed by atoms with E-state index >= 15 is 0 Å². The number of hydrogen-bond acceptors (Lipinski definition) is 4. The lowest BCUT2D eigenvalue weighted by atomic mass is 10.3. The molecule has 106 valence electrons. The Morgan fingerprint density at radius 1 is 1.32 bits per heavy atom. The molecule has 5 nitrogen and oxygen atoms in total. The van der Waals surface area contributed by atoms with Crippen LogP contribution in [0.15, 0.2) is 24.3 Å². The summed E-state index contributed by atoms with van der Waals surface area (Å²) in [4.78, 5) is 13.6. The summed E-state index contributed by atoms with van der Waals surface area (Å²) in [6.07, 6.45) is -0.583. The molecule has 1 amide bonds. The number of methoxy groups -OCH3 is 1. The first-order valence-corrected chi connectivity index (χ1v) is 6.32. The number of aliphatic hydroxyl groups excluding tert-OH is 1. The van der Waals surface area contributed by atoms with Crippen LogP contribution in [0.5, 0.6) is 11.5 Å². The van der Waals surface area contributed by atoms with E-state index in [2.05, 4.69) is 0 Å². The standard InChI is InChI=1S/C14H21NO4/c1-4-15(9-10-16)14(17)11(2)19-13-7-5-12(18-3)6-8-13/h5-8,11,16H,4,9-10H2,1-3H3. The van der Waals surface area contributed by atoms with E-state index in [-0.39, 0.29) is 12.5 Å². The lowest BCUT2D eigenvalue weighted by Gasteiger charge is -2.24. The molecule has 5 heteroatoms. The topological polar surface area (TPSA) is 59.0 Å². The van der Waals surface area contributed by atoms with E-state index in [1.165, 1.54) is 0 Å². The van der Waals surface area contributed by atoms with Gasteiger partial charge < -0.3 is 19.5 Å². The van der Waals surface area contributed by atoms with Crippen LogP contribution in [0.4, 0.5) is 0 Å². The Balaban J connectivity index is 2.61. The Labute approximate surface area is 113 Å². The van der Waals surface area contributed by atoms with Crippen LogP contribution in [0, 0.1) is 0 Å². The Hall–Kier alpha value is -1.75. The van der Waals surface area contributed by atoms with Crippen molar-refractivity contribution in [3.05, 3.63) is 24.3 Å². The number of rotatable bonds is 7. The molecule has 1 aromatic carbocycles. The van der Waals surface area contributed by atoms with Gasteiger partial charge in [-0.05, 0) is 38.1 Å². The van der Waals surface area contributed by atoms with Gasteiger partial charge in [0.25, 0.3) is 5.91 Å². The van der Waals surface area contributed by atoms with Gasteiger partial charge in [0.1, 0.15) is 11.5 Å². The first kappa shape index (κ1) is 15.3. The summed E-state index contributed by atoms with van der Waals surface area (Å²) >= 11 is 0. The van der Waals surface area contributed by atoms with Gasteiger partial charge in [0.15, 0.2) is 6.10 Å². The van der Waals surface area contributed by atoms with Crippen LogP contribution in [0.1, 0.15) is 13.8 Å². The average molecular weight is 267 g/mol. The van der Waals surface area contributed by atoms with E-state index in [0.29, 0.717) is 18.8 Å². The van der Waals surface area contributed by atoms with E-state index in [9.17, 15) is 4.79 Å². The Bertz CT molecular complexity index is 391. The molecule has 0 aliphatic carbocycles. The minimum Gasteiger partial charge on any atom is -0.497 e. The predicted octanol–water partition coefficient (Wildman–Crippen LogP) is 1.30. The molecular formula is C14H21NO4. The molecule has 1 atom stereocenters. The predicted molar refractivity (Wildman–Crippen MR) is 72.4 cm³/mol. The van der Waals surface area contributed by atoms with E-state index in [1.54, 1.807) is 43.2 Å². The fraction of sp³-hybridized carbons (Fsp3) is 0.500. The largest absolute Gasteiger partial charge is 0.497 e. The summed E-state index contributed by atoms with van der Waals surface area (Å²) in [6.45, 7) is 4.40. The molecule has 0 heterocycles. The Kier molecular flexibility index (Phi) is 6.15. The lowest BCUT2D eigenvalue weighted by molar-refractivity contribution is -0.138. The molecule has 0 saturated heterocycles. The summed E-state index contributed by atoms with van der Waals surface area (Å²) < 4.78 is 10.6. The smallest absolute Gasteiger partial charge is 0.263 e. The van der Waals surface area contributed by atoms with Gasteiger partial charge >= 0.3 is 0 Å². The first-order chi connectivity index (χ1) is 9.12. The number of aliphatic hydroxyl groups is 1. The minimum absolute atomic E-state index is 0.0468. The second-order valence-electron chi connectivity index (χ2n) is 4.08. The number of carbonyl (C=O) groups is 1. The minimum atomic E-state index is -0.583. The maximum absolute atomic E-state index is 12.1. The van der Waals surface area contributed by atoms with Gasteiger partial charge in [-0.1, -0.05) is 0 Å². The zero-order valence-electron chi connectivity index (χ0n) is 11.6. The Morgan fingerprint density at radius 2 is 1.89 bits per heavy atom. The maximum Gasteiger partial charge on any atom is 0.263 e. The van der Waals surface area contributed by atoms with Crippen LogP contribution < -0.4 is 9.47 Å². The van der Waals surface area contributed by atoms with Crippen molar-refractivity contribution in [3.8, 4) is 11.5 Å². The molecule has 1 aromatic rings. The number of hydrogen-bond donors (Lipinski definition) is 1. The zero-order chi connectivity index (χ0) is 14.3. The van der Waals surface area contributed by atoms with Gasteiger partial charge in [0, 0.05) is 13.1 Å². The van der Waals surface area contributed by atoms with Crippen molar-refractivity contribution < 1.29 is 19.4 Å². The summed E-state index contributed by atoms with van der Waals surface area (Å²) in [5.74, 6) is 1.22. The Morgan fingerprint density at radius 3 is 2.37 bits per heavy atom. The second-order valence-corrected chi connectivity index (χ2v) is 4.08. The number of amides is 1. The normalized spacial score (nSPS) is 11.8. The van der Waals surface area contributed by atoms with E-state index in [1.807, 2.05) is 6.92 Å². The van der Waals surface area contributed by atoms with Crippen molar-refractivity contribution in [1.82, 2.24) is 4.90 Å². The molecule has 1 unspecified atom stereocenters. The number of ether oxygens (including phenoxy) is 2. The van der Waals surface area contributed by atoms with Crippen LogP contribution in [-0.4, -0.2) is 48.8 Å². The number of likely N-dealkylation sites (N-methyl/N-ethyl adjacent to an activating group) is 1. The highest BCUT2D eigenvalue weighted by Gasteiger charge is 2.20. The molecule has 0 aliphatic heterocycles. The lowest BCUT2D eigenvalue weighted by Crippen LogP contribution is -2.41. The van der Waals surface area contributed by atoms with Crippen molar-refractivity contribution in [1.29, 1.82) is 0 Å². The van der Waals surface area contributed by atoms with E-state index < -0.39 is 6.10 Å². The van der Waals surface area contributed by atoms with Gasteiger partial charge in [0.2, 0.25) is 0 Å². The first-order valence-electron chi connectivity index (χ1n) is 6.32. The molecule has 0 bridgehead atoms. The molecular weight excluding hydrogens is 246 g/mol. The third-order valence-corrected chi connectivity index (χ3v) is 2.78. The van der Waals surface area contributed by atoms with Crippen molar-refractivity contribution in [2.24, 2.45) is 0 Å². The maximum atomic E-state index is 12.1. The second kappa shape index (κ2) is 7.63. The van der Waals surface area contributed by atoms with Crippen LogP contribution >= 0.6 is 0 Å². The highest BCUT2D eigenvalue weighted by Crippen LogP contribution is 2.18. The highest BCUT2D eigenvalue weighted by atomic mass is 16.5. The molecule has 1 rings (SSSR count). The van der Waals surface area contributed by atoms with E-state index in [4.69, 9.17) is 14.6 Å². The van der Waals surface area contributed by atoms with Gasteiger partial charge in [-0.3, -0.25) is 4.79 Å². The summed E-state index contributed by atoms with van der Waals surface area (Å²) in [6, 6.07) is 7.06. The van der Waals surface area contributed by atoms with Gasteiger partial charge in [-0.25, -0.2) is 0 Å². The van der Waals surface area contributed by atoms with Crippen LogP contribution in [-0.2, 0) is 4.79 Å². The third kappa shape index (κ3) is 4.44. The van der Waals surface area contributed by atoms with Crippen molar-refractivity contribution in [2.75, 3.05) is 26.8 Å². The van der Waals surface area contributed by atoms with Crippen molar-refractivity contribution >= 4 is 5.91 Å². The number of carbonyl (C=O) groups excluding carboxylic acids is 1. The fourth-order valence-electron chi connectivity index (χ4n) is 1.71. The average Bonchev–Trinajstić information content (AvgIpc) is 2.44. The van der Waals surface area contributed by atoms with Crippen LogP contribution in [0.2, 0.25) is 0 Å². The zero-order valence-corrected chi connectivity index (χ0v) is 11.6. The molecule has 0 saturated carbocycles. The summed E-state index contributed by atoms with van der Waals surface area (Å²) in [7, 11) is 1.59. The summed E-state index contributed by atoms with van der Waals surface area (Å²) in [5.41, 5.74) is 0. The quantitative estimate of drug-likeness (QED) is 0.809. The summed E-state index contributed by atoms with van der Waals surface area (Å²) in [5, 5.41) is 8.90. The number of benzene rings is 1. The number of nitrogens with zero attached hydrogens (tertiary/aromatic N) is 1. The highest BCUT2D eigenvalue weighted by molar-refractivity contribution is 5.80. The monoisotopic (exact) mass is 267 g/mol. The molecule has 0 fully saturated rings. The molecule has 0 spiro atoms. The molecule has 19 heavy (non-hydrogen) atoms. The van der Waals surface area contributed by atoms with Gasteiger partial charge in [0.05, 0.1) is 13.7 Å². The van der Waals surface area contributed by atoms with Crippen molar-refractivity contribution in [3.63, 3.8) is 0 Å². The van der Waals surface area contributed by atoms with E-state index in [0.717, 1.165) is 5.75 Å². The van der Waals surface area contributed by atoms with Gasteiger partial charge in [-0.2, -0.15) is 0 Å². The van der Waals surface area contributed by atoms with Crippen molar-refractivity contribution in [2.45, 2.75) is 20.0 Å². The SMILES string of the molecule is CCN(CCO)C(=O)C(C)Oc1ccc(OC)cc1. The van der Waals surface area contributed by atoms with Crippen LogP contribution in [0.25, 0.3) is 0 Å². The fourth-order valence-corrected chi connectivity index (χ4v) is 1.71.